The molecule has 7 nitrogen and oxygen atoms in total. The van der Waals surface area contributed by atoms with Crippen LogP contribution in [0.3, 0.4) is 0 Å². The zero-order valence-corrected chi connectivity index (χ0v) is 16.5. The molecule has 1 aromatic heterocycles. The van der Waals surface area contributed by atoms with Crippen LogP contribution in [0.15, 0.2) is 24.4 Å². The van der Waals surface area contributed by atoms with Crippen molar-refractivity contribution in [2.24, 2.45) is 0 Å². The number of carbonyl (C=O) groups excluding carboxylic acids is 1. The van der Waals surface area contributed by atoms with Gasteiger partial charge in [0.15, 0.2) is 0 Å². The summed E-state index contributed by atoms with van der Waals surface area (Å²) in [4.78, 5) is 16.0. The molecule has 25 heavy (non-hydrogen) atoms. The van der Waals surface area contributed by atoms with Gasteiger partial charge in [-0.05, 0) is 45.9 Å². The Labute approximate surface area is 151 Å². The summed E-state index contributed by atoms with van der Waals surface area (Å²) < 4.78 is 17.4. The van der Waals surface area contributed by atoms with E-state index in [9.17, 15) is 4.79 Å². The average Bonchev–Trinajstić information content (AvgIpc) is 2.61. The van der Waals surface area contributed by atoms with E-state index in [2.05, 4.69) is 15.6 Å². The van der Waals surface area contributed by atoms with Crippen molar-refractivity contribution in [3.05, 3.63) is 30.1 Å². The van der Waals surface area contributed by atoms with Gasteiger partial charge >= 0.3 is 8.80 Å². The molecule has 2 N–H and O–H groups in total. The predicted octanol–water partition coefficient (Wildman–Crippen LogP) is 1.73. The molecule has 8 heteroatoms. The van der Waals surface area contributed by atoms with Crippen molar-refractivity contribution in [2.45, 2.75) is 39.8 Å². The summed E-state index contributed by atoms with van der Waals surface area (Å²) in [5, 5.41) is 5.98. The minimum Gasteiger partial charge on any atom is -0.374 e. The Balaban J connectivity index is 2.23. The van der Waals surface area contributed by atoms with Crippen LogP contribution < -0.4 is 10.6 Å². The first-order chi connectivity index (χ1) is 12.2. The maximum absolute atomic E-state index is 11.8. The fraction of sp³-hybridized carbons (Fsp3) is 0.647. The van der Waals surface area contributed by atoms with E-state index in [-0.39, 0.29) is 12.5 Å². The maximum Gasteiger partial charge on any atom is 0.500 e. The Morgan fingerprint density at radius 3 is 2.36 bits per heavy atom. The molecular formula is C17H31N3O4Si. The van der Waals surface area contributed by atoms with Crippen LogP contribution in [0.4, 0.5) is 0 Å². The summed E-state index contributed by atoms with van der Waals surface area (Å²) in [5.41, 5.74) is 0.844. The van der Waals surface area contributed by atoms with Crippen LogP contribution in [0.5, 0.6) is 0 Å². The summed E-state index contributed by atoms with van der Waals surface area (Å²) in [6, 6.07) is 6.37. The van der Waals surface area contributed by atoms with E-state index < -0.39 is 8.80 Å². The molecule has 0 radical (unpaired) electrons. The van der Waals surface area contributed by atoms with Gasteiger partial charge in [0.1, 0.15) is 0 Å². The summed E-state index contributed by atoms with van der Waals surface area (Å²) in [6.07, 6.45) is 2.55. The molecule has 1 rings (SSSR count). The Hall–Kier alpha value is -1.32. The monoisotopic (exact) mass is 369 g/mol. The highest BCUT2D eigenvalue weighted by atomic mass is 28.4. The van der Waals surface area contributed by atoms with E-state index in [0.29, 0.717) is 32.9 Å². The third kappa shape index (κ3) is 9.08. The minimum absolute atomic E-state index is 0.0476. The second kappa shape index (κ2) is 13.0. The number of hydrogen-bond donors (Lipinski definition) is 2. The molecule has 0 atom stereocenters. The summed E-state index contributed by atoms with van der Waals surface area (Å²) in [5.74, 6) is -0.0476. The zero-order chi connectivity index (χ0) is 18.4. The molecule has 0 bridgehead atoms. The van der Waals surface area contributed by atoms with Crippen LogP contribution in [-0.4, -0.2) is 52.6 Å². The number of pyridine rings is 1. The van der Waals surface area contributed by atoms with Crippen molar-refractivity contribution in [1.82, 2.24) is 15.6 Å². The largest absolute Gasteiger partial charge is 0.500 e. The Kier molecular flexibility index (Phi) is 11.3. The van der Waals surface area contributed by atoms with E-state index in [0.717, 1.165) is 18.2 Å². The van der Waals surface area contributed by atoms with Gasteiger partial charge in [-0.2, -0.15) is 0 Å². The fourth-order valence-corrected chi connectivity index (χ4v) is 5.00. The van der Waals surface area contributed by atoms with E-state index >= 15 is 0 Å². The molecule has 0 saturated heterocycles. The zero-order valence-electron chi connectivity index (χ0n) is 15.5. The molecule has 0 aliphatic rings. The van der Waals surface area contributed by atoms with Gasteiger partial charge in [-0.3, -0.25) is 9.78 Å². The number of rotatable bonds is 14. The number of aromatic nitrogens is 1. The molecule has 1 amide bonds. The highest BCUT2D eigenvalue weighted by molar-refractivity contribution is 6.60. The van der Waals surface area contributed by atoms with Gasteiger partial charge in [-0.1, -0.05) is 6.07 Å². The Morgan fingerprint density at radius 2 is 1.80 bits per heavy atom. The molecule has 0 fully saturated rings. The summed E-state index contributed by atoms with van der Waals surface area (Å²) in [6.45, 7) is 9.01. The number of nitrogens with one attached hydrogen (secondary N) is 2. The van der Waals surface area contributed by atoms with Crippen molar-refractivity contribution >= 4 is 14.7 Å². The molecule has 0 aliphatic carbocycles. The molecule has 0 spiro atoms. The van der Waals surface area contributed by atoms with Crippen molar-refractivity contribution in [3.63, 3.8) is 0 Å². The maximum atomic E-state index is 11.8. The fourth-order valence-electron chi connectivity index (χ4n) is 2.39. The molecule has 0 aromatic carbocycles. The topological polar surface area (TPSA) is 81.7 Å². The van der Waals surface area contributed by atoms with E-state index in [4.69, 9.17) is 13.3 Å². The third-order valence-electron chi connectivity index (χ3n) is 3.41. The van der Waals surface area contributed by atoms with E-state index in [1.807, 2.05) is 39.0 Å². The van der Waals surface area contributed by atoms with E-state index in [1.54, 1.807) is 6.20 Å². The third-order valence-corrected chi connectivity index (χ3v) is 6.56. The standard InChI is InChI=1S/C17H31N3O4Si/c1-4-22-25(23-5-2,24-6-3)13-9-11-18-15-17(21)20-14-16-10-7-8-12-19-16/h7-8,10,12,18H,4-6,9,11,13-15H2,1-3H3,(H,20,21). The smallest absolute Gasteiger partial charge is 0.374 e. The molecule has 0 saturated carbocycles. The molecule has 1 heterocycles. The lowest BCUT2D eigenvalue weighted by Gasteiger charge is -2.28. The van der Waals surface area contributed by atoms with Crippen LogP contribution in [0.2, 0.25) is 6.04 Å². The second-order valence-corrected chi connectivity index (χ2v) is 8.09. The SMILES string of the molecule is CCO[Si](CCCNCC(=O)NCc1ccccn1)(OCC)OCC. The summed E-state index contributed by atoms with van der Waals surface area (Å²) >= 11 is 0. The Morgan fingerprint density at radius 1 is 1.12 bits per heavy atom. The lowest BCUT2D eigenvalue weighted by molar-refractivity contribution is -0.120. The first-order valence-corrected chi connectivity index (χ1v) is 10.9. The average molecular weight is 370 g/mol. The normalized spacial score (nSPS) is 11.5. The van der Waals surface area contributed by atoms with Crippen LogP contribution >= 0.6 is 0 Å². The van der Waals surface area contributed by atoms with Crippen molar-refractivity contribution in [1.29, 1.82) is 0 Å². The first-order valence-electron chi connectivity index (χ1n) is 8.95. The van der Waals surface area contributed by atoms with Crippen LogP contribution in [0.1, 0.15) is 32.9 Å². The lowest BCUT2D eigenvalue weighted by Crippen LogP contribution is -2.46. The van der Waals surface area contributed by atoms with Gasteiger partial charge in [-0.15, -0.1) is 0 Å². The van der Waals surface area contributed by atoms with E-state index in [1.165, 1.54) is 0 Å². The van der Waals surface area contributed by atoms with Crippen LogP contribution in [-0.2, 0) is 24.6 Å². The molecular weight excluding hydrogens is 338 g/mol. The Bertz CT molecular complexity index is 459. The molecule has 0 unspecified atom stereocenters. The van der Waals surface area contributed by atoms with Crippen LogP contribution in [0.25, 0.3) is 0 Å². The van der Waals surface area contributed by atoms with Crippen molar-refractivity contribution in [2.75, 3.05) is 32.9 Å². The van der Waals surface area contributed by atoms with Gasteiger partial charge in [-0.25, -0.2) is 0 Å². The summed E-state index contributed by atoms with van der Waals surface area (Å²) in [7, 11) is -2.58. The quantitative estimate of drug-likeness (QED) is 0.384. The highest BCUT2D eigenvalue weighted by Crippen LogP contribution is 2.17. The number of carbonyl (C=O) groups is 1. The number of amides is 1. The number of nitrogens with zero attached hydrogens (tertiary/aromatic N) is 1. The van der Waals surface area contributed by atoms with Crippen molar-refractivity contribution in [3.8, 4) is 0 Å². The second-order valence-electron chi connectivity index (χ2n) is 5.36. The van der Waals surface area contributed by atoms with Gasteiger partial charge in [0.05, 0.1) is 18.8 Å². The van der Waals surface area contributed by atoms with Gasteiger partial charge < -0.3 is 23.9 Å². The molecule has 0 aliphatic heterocycles. The van der Waals surface area contributed by atoms with Crippen LogP contribution in [0, 0.1) is 0 Å². The minimum atomic E-state index is -2.58. The van der Waals surface area contributed by atoms with Gasteiger partial charge in [0.25, 0.3) is 0 Å². The highest BCUT2D eigenvalue weighted by Gasteiger charge is 2.39. The van der Waals surface area contributed by atoms with Gasteiger partial charge in [0, 0.05) is 32.1 Å². The predicted molar refractivity (Wildman–Crippen MR) is 99.0 cm³/mol. The lowest BCUT2D eigenvalue weighted by atomic mass is 10.3. The van der Waals surface area contributed by atoms with Crippen molar-refractivity contribution < 1.29 is 18.1 Å². The first kappa shape index (κ1) is 21.7. The molecule has 142 valence electrons. The molecule has 1 aromatic rings. The van der Waals surface area contributed by atoms with Gasteiger partial charge in [0.2, 0.25) is 5.91 Å². The number of hydrogen-bond acceptors (Lipinski definition) is 6.